The number of aliphatic imine (C=N–C) groups is 1. The number of guanidine groups is 1. The van der Waals surface area contributed by atoms with Gasteiger partial charge in [-0.2, -0.15) is 0 Å². The van der Waals surface area contributed by atoms with Gasteiger partial charge < -0.3 is 16.0 Å². The summed E-state index contributed by atoms with van der Waals surface area (Å²) in [5.41, 5.74) is 0. The lowest BCUT2D eigenvalue weighted by Gasteiger charge is -2.12. The van der Waals surface area contributed by atoms with E-state index in [1.807, 2.05) is 13.8 Å². The van der Waals surface area contributed by atoms with Gasteiger partial charge in [-0.1, -0.05) is 0 Å². The molecule has 1 aliphatic rings. The summed E-state index contributed by atoms with van der Waals surface area (Å²) < 4.78 is 0. The standard InChI is InChI=1S/C12H24N4O/c1-9(2)16-11(17)6-7-14-12(13-3)15-8-10-4-5-10/h9-10H,4-8H2,1-3H3,(H,16,17)(H2,13,14,15). The first-order valence-corrected chi connectivity index (χ1v) is 6.35. The van der Waals surface area contributed by atoms with Crippen molar-refractivity contribution in [3.63, 3.8) is 0 Å². The van der Waals surface area contributed by atoms with Crippen LogP contribution in [0.3, 0.4) is 0 Å². The van der Waals surface area contributed by atoms with Crippen LogP contribution in [0.5, 0.6) is 0 Å². The van der Waals surface area contributed by atoms with Crippen LogP contribution in [0.4, 0.5) is 0 Å². The van der Waals surface area contributed by atoms with Crippen LogP contribution in [-0.4, -0.2) is 38.0 Å². The molecule has 0 spiro atoms. The number of nitrogens with zero attached hydrogens (tertiary/aromatic N) is 1. The molecular weight excluding hydrogens is 216 g/mol. The molecule has 1 fully saturated rings. The third-order valence-corrected chi connectivity index (χ3v) is 2.57. The highest BCUT2D eigenvalue weighted by Crippen LogP contribution is 2.27. The van der Waals surface area contributed by atoms with Crippen molar-refractivity contribution in [3.8, 4) is 0 Å². The van der Waals surface area contributed by atoms with Gasteiger partial charge in [0.25, 0.3) is 0 Å². The number of carbonyl (C=O) groups excluding carboxylic acids is 1. The van der Waals surface area contributed by atoms with E-state index in [1.165, 1.54) is 12.8 Å². The predicted molar refractivity (Wildman–Crippen MR) is 70.0 cm³/mol. The Morgan fingerprint density at radius 2 is 2.06 bits per heavy atom. The lowest BCUT2D eigenvalue weighted by molar-refractivity contribution is -0.121. The van der Waals surface area contributed by atoms with E-state index in [0.717, 1.165) is 18.4 Å². The Balaban J connectivity index is 2.07. The van der Waals surface area contributed by atoms with Gasteiger partial charge in [-0.3, -0.25) is 9.79 Å². The van der Waals surface area contributed by atoms with Crippen molar-refractivity contribution in [2.45, 2.75) is 39.2 Å². The predicted octanol–water partition coefficient (Wildman–Crippen LogP) is 0.476. The second-order valence-electron chi connectivity index (χ2n) is 4.80. The first kappa shape index (κ1) is 13.8. The molecular formula is C12H24N4O. The molecule has 1 rings (SSSR count). The molecule has 5 nitrogen and oxygen atoms in total. The first-order chi connectivity index (χ1) is 8.11. The van der Waals surface area contributed by atoms with E-state index in [2.05, 4.69) is 20.9 Å². The molecule has 0 heterocycles. The minimum Gasteiger partial charge on any atom is -0.356 e. The molecule has 0 aromatic carbocycles. The first-order valence-electron chi connectivity index (χ1n) is 6.35. The molecule has 1 aliphatic carbocycles. The molecule has 0 unspecified atom stereocenters. The van der Waals surface area contributed by atoms with Gasteiger partial charge in [0.1, 0.15) is 0 Å². The average Bonchev–Trinajstić information content (AvgIpc) is 3.05. The Morgan fingerprint density at radius 1 is 1.35 bits per heavy atom. The molecule has 0 aromatic rings. The Morgan fingerprint density at radius 3 is 2.59 bits per heavy atom. The van der Waals surface area contributed by atoms with Gasteiger partial charge in [0.2, 0.25) is 5.91 Å². The maximum Gasteiger partial charge on any atom is 0.221 e. The number of amides is 1. The van der Waals surface area contributed by atoms with Gasteiger partial charge in [0.15, 0.2) is 5.96 Å². The minimum atomic E-state index is 0.0742. The topological polar surface area (TPSA) is 65.5 Å². The Bertz CT molecular complexity index is 272. The normalized spacial score (nSPS) is 15.9. The van der Waals surface area contributed by atoms with Crippen LogP contribution < -0.4 is 16.0 Å². The Kier molecular flexibility index (Phi) is 5.80. The Labute approximate surface area is 103 Å². The van der Waals surface area contributed by atoms with Crippen molar-refractivity contribution in [2.24, 2.45) is 10.9 Å². The molecule has 0 radical (unpaired) electrons. The van der Waals surface area contributed by atoms with Crippen molar-refractivity contribution < 1.29 is 4.79 Å². The Hall–Kier alpha value is -1.26. The smallest absolute Gasteiger partial charge is 0.221 e. The zero-order valence-corrected chi connectivity index (χ0v) is 11.0. The highest BCUT2D eigenvalue weighted by atomic mass is 16.1. The molecule has 0 atom stereocenters. The van der Waals surface area contributed by atoms with E-state index in [1.54, 1.807) is 7.05 Å². The summed E-state index contributed by atoms with van der Waals surface area (Å²) in [6.07, 6.45) is 3.11. The van der Waals surface area contributed by atoms with E-state index >= 15 is 0 Å². The number of hydrogen-bond donors (Lipinski definition) is 3. The van der Waals surface area contributed by atoms with Crippen LogP contribution in [0.2, 0.25) is 0 Å². The van der Waals surface area contributed by atoms with Gasteiger partial charge in [-0.15, -0.1) is 0 Å². The van der Waals surface area contributed by atoms with Crippen molar-refractivity contribution in [1.82, 2.24) is 16.0 Å². The summed E-state index contributed by atoms with van der Waals surface area (Å²) in [6, 6.07) is 0.204. The number of carbonyl (C=O) groups is 1. The van der Waals surface area contributed by atoms with Gasteiger partial charge in [0, 0.05) is 32.6 Å². The highest BCUT2D eigenvalue weighted by molar-refractivity contribution is 5.81. The fourth-order valence-corrected chi connectivity index (χ4v) is 1.47. The summed E-state index contributed by atoms with van der Waals surface area (Å²) in [7, 11) is 1.75. The zero-order valence-electron chi connectivity index (χ0n) is 11.0. The van der Waals surface area contributed by atoms with Crippen molar-refractivity contribution in [2.75, 3.05) is 20.1 Å². The summed E-state index contributed by atoms with van der Waals surface area (Å²) in [4.78, 5) is 15.5. The summed E-state index contributed by atoms with van der Waals surface area (Å²) in [5, 5.41) is 9.24. The summed E-state index contributed by atoms with van der Waals surface area (Å²) >= 11 is 0. The second-order valence-corrected chi connectivity index (χ2v) is 4.80. The van der Waals surface area contributed by atoms with Gasteiger partial charge in [-0.25, -0.2) is 0 Å². The molecule has 0 saturated heterocycles. The minimum absolute atomic E-state index is 0.0742. The maximum atomic E-state index is 11.4. The van der Waals surface area contributed by atoms with Gasteiger partial charge in [0.05, 0.1) is 0 Å². The molecule has 0 aliphatic heterocycles. The van der Waals surface area contributed by atoms with E-state index in [9.17, 15) is 4.79 Å². The van der Waals surface area contributed by atoms with E-state index < -0.39 is 0 Å². The molecule has 98 valence electrons. The average molecular weight is 240 g/mol. The van der Waals surface area contributed by atoms with E-state index in [4.69, 9.17) is 0 Å². The van der Waals surface area contributed by atoms with E-state index in [-0.39, 0.29) is 11.9 Å². The maximum absolute atomic E-state index is 11.4. The summed E-state index contributed by atoms with van der Waals surface area (Å²) in [5.74, 6) is 1.68. The third-order valence-electron chi connectivity index (χ3n) is 2.57. The van der Waals surface area contributed by atoms with Crippen LogP contribution in [0.1, 0.15) is 33.1 Å². The quantitative estimate of drug-likeness (QED) is 0.467. The molecule has 17 heavy (non-hydrogen) atoms. The number of rotatable bonds is 6. The highest BCUT2D eigenvalue weighted by Gasteiger charge is 2.20. The lowest BCUT2D eigenvalue weighted by Crippen LogP contribution is -2.40. The van der Waals surface area contributed by atoms with Gasteiger partial charge >= 0.3 is 0 Å². The summed E-state index contributed by atoms with van der Waals surface area (Å²) in [6.45, 7) is 5.52. The molecule has 5 heteroatoms. The molecule has 3 N–H and O–H groups in total. The van der Waals surface area contributed by atoms with Crippen molar-refractivity contribution in [3.05, 3.63) is 0 Å². The van der Waals surface area contributed by atoms with Crippen LogP contribution in [-0.2, 0) is 4.79 Å². The van der Waals surface area contributed by atoms with Crippen LogP contribution >= 0.6 is 0 Å². The number of hydrogen-bond acceptors (Lipinski definition) is 2. The van der Waals surface area contributed by atoms with Crippen LogP contribution in [0.15, 0.2) is 4.99 Å². The van der Waals surface area contributed by atoms with Gasteiger partial charge in [-0.05, 0) is 32.6 Å². The van der Waals surface area contributed by atoms with Crippen molar-refractivity contribution in [1.29, 1.82) is 0 Å². The van der Waals surface area contributed by atoms with E-state index in [0.29, 0.717) is 13.0 Å². The molecule has 0 bridgehead atoms. The molecule has 0 aromatic heterocycles. The van der Waals surface area contributed by atoms with Crippen LogP contribution in [0.25, 0.3) is 0 Å². The molecule has 1 amide bonds. The monoisotopic (exact) mass is 240 g/mol. The molecule has 1 saturated carbocycles. The van der Waals surface area contributed by atoms with Crippen molar-refractivity contribution >= 4 is 11.9 Å². The zero-order chi connectivity index (χ0) is 12.7. The number of nitrogens with one attached hydrogen (secondary N) is 3. The largest absolute Gasteiger partial charge is 0.356 e. The lowest BCUT2D eigenvalue weighted by atomic mass is 10.3. The van der Waals surface area contributed by atoms with Crippen LogP contribution in [0, 0.1) is 5.92 Å². The second kappa shape index (κ2) is 7.14. The fourth-order valence-electron chi connectivity index (χ4n) is 1.47. The third kappa shape index (κ3) is 6.81. The fraction of sp³-hybridized carbons (Fsp3) is 0.833. The SMILES string of the molecule is CN=C(NCCC(=O)NC(C)C)NCC1CC1.